The number of amides is 1. The summed E-state index contributed by atoms with van der Waals surface area (Å²) in [5.41, 5.74) is 0.499. The first kappa shape index (κ1) is 20.4. The van der Waals surface area contributed by atoms with Gasteiger partial charge in [-0.3, -0.25) is 4.79 Å². The summed E-state index contributed by atoms with van der Waals surface area (Å²) in [6.45, 7) is 0.287. The average molecular weight is 425 g/mol. The molecule has 1 heterocycles. The SMILES string of the molecule is COc1ccc(NC(=O)[C@@H]2CCCN2S(=O)(=O)c2ccc(Cl)cc2)cc1OC. The number of benzene rings is 2. The van der Waals surface area contributed by atoms with E-state index in [9.17, 15) is 13.2 Å². The van der Waals surface area contributed by atoms with Crippen LogP contribution >= 0.6 is 11.6 Å². The zero-order chi connectivity index (χ0) is 20.3. The molecule has 2 aromatic carbocycles. The highest BCUT2D eigenvalue weighted by molar-refractivity contribution is 7.89. The Hall–Kier alpha value is -2.29. The van der Waals surface area contributed by atoms with Gasteiger partial charge < -0.3 is 14.8 Å². The van der Waals surface area contributed by atoms with Gasteiger partial charge in [0.05, 0.1) is 19.1 Å². The van der Waals surface area contributed by atoms with Crippen molar-refractivity contribution in [1.82, 2.24) is 4.31 Å². The van der Waals surface area contributed by atoms with Gasteiger partial charge in [0.1, 0.15) is 6.04 Å². The summed E-state index contributed by atoms with van der Waals surface area (Å²) in [7, 11) is -0.773. The van der Waals surface area contributed by atoms with Crippen molar-refractivity contribution in [2.24, 2.45) is 0 Å². The van der Waals surface area contributed by atoms with Gasteiger partial charge in [-0.15, -0.1) is 0 Å². The molecular formula is C19H21ClN2O5S. The number of methoxy groups -OCH3 is 2. The molecule has 0 aliphatic carbocycles. The summed E-state index contributed by atoms with van der Waals surface area (Å²) >= 11 is 5.85. The van der Waals surface area contributed by atoms with E-state index in [1.165, 1.54) is 42.8 Å². The van der Waals surface area contributed by atoms with Gasteiger partial charge in [0.2, 0.25) is 15.9 Å². The second-order valence-corrected chi connectivity index (χ2v) is 8.61. The van der Waals surface area contributed by atoms with E-state index in [-0.39, 0.29) is 17.3 Å². The van der Waals surface area contributed by atoms with Crippen molar-refractivity contribution in [1.29, 1.82) is 0 Å². The molecule has 9 heteroatoms. The van der Waals surface area contributed by atoms with E-state index >= 15 is 0 Å². The Morgan fingerprint density at radius 3 is 2.43 bits per heavy atom. The summed E-state index contributed by atoms with van der Waals surface area (Å²) in [5, 5.41) is 3.22. The molecular weight excluding hydrogens is 404 g/mol. The average Bonchev–Trinajstić information content (AvgIpc) is 3.19. The second kappa shape index (κ2) is 8.38. The van der Waals surface area contributed by atoms with Crippen molar-refractivity contribution in [3.05, 3.63) is 47.5 Å². The maximum Gasteiger partial charge on any atom is 0.243 e. The summed E-state index contributed by atoms with van der Waals surface area (Å²) in [4.78, 5) is 12.9. The van der Waals surface area contributed by atoms with E-state index in [1.54, 1.807) is 18.2 Å². The van der Waals surface area contributed by atoms with Crippen LogP contribution in [0.15, 0.2) is 47.4 Å². The summed E-state index contributed by atoms with van der Waals surface area (Å²) in [5.74, 6) is 0.618. The molecule has 7 nitrogen and oxygen atoms in total. The van der Waals surface area contributed by atoms with Gasteiger partial charge in [-0.2, -0.15) is 4.31 Å². The van der Waals surface area contributed by atoms with Crippen LogP contribution in [0, 0.1) is 0 Å². The van der Waals surface area contributed by atoms with E-state index in [2.05, 4.69) is 5.32 Å². The number of hydrogen-bond acceptors (Lipinski definition) is 5. The number of carbonyl (C=O) groups is 1. The molecule has 0 spiro atoms. The van der Waals surface area contributed by atoms with Gasteiger partial charge in [0, 0.05) is 23.3 Å². The zero-order valence-electron chi connectivity index (χ0n) is 15.5. The Bertz CT molecular complexity index is 963. The molecule has 1 saturated heterocycles. The molecule has 1 atom stereocenters. The second-order valence-electron chi connectivity index (χ2n) is 6.29. The van der Waals surface area contributed by atoms with E-state index < -0.39 is 16.1 Å². The normalized spacial score (nSPS) is 17.3. The minimum Gasteiger partial charge on any atom is -0.493 e. The van der Waals surface area contributed by atoms with Gasteiger partial charge >= 0.3 is 0 Å². The van der Waals surface area contributed by atoms with Crippen molar-refractivity contribution < 1.29 is 22.7 Å². The van der Waals surface area contributed by atoms with Crippen LogP contribution in [0.1, 0.15) is 12.8 Å². The molecule has 150 valence electrons. The van der Waals surface area contributed by atoms with Gasteiger partial charge in [-0.05, 0) is 49.2 Å². The van der Waals surface area contributed by atoms with Gasteiger partial charge in [0.25, 0.3) is 0 Å². The Labute approximate surface area is 169 Å². The van der Waals surface area contributed by atoms with E-state index in [1.807, 2.05) is 0 Å². The van der Waals surface area contributed by atoms with Crippen LogP contribution < -0.4 is 14.8 Å². The Balaban J connectivity index is 1.80. The van der Waals surface area contributed by atoms with Crippen molar-refractivity contribution in [3.8, 4) is 11.5 Å². The number of carbonyl (C=O) groups excluding carboxylic acids is 1. The van der Waals surface area contributed by atoms with Crippen molar-refractivity contribution >= 4 is 33.2 Å². The van der Waals surface area contributed by atoms with Crippen LogP contribution in [0.5, 0.6) is 11.5 Å². The molecule has 0 unspecified atom stereocenters. The third-order valence-electron chi connectivity index (χ3n) is 4.58. The maximum atomic E-state index is 13.0. The molecule has 0 aromatic heterocycles. The van der Waals surface area contributed by atoms with Crippen LogP contribution in [0.2, 0.25) is 5.02 Å². The number of rotatable bonds is 6. The van der Waals surface area contributed by atoms with Crippen LogP contribution in [0.4, 0.5) is 5.69 Å². The lowest BCUT2D eigenvalue weighted by atomic mass is 10.2. The van der Waals surface area contributed by atoms with Crippen molar-refractivity contribution in [2.45, 2.75) is 23.8 Å². The molecule has 3 rings (SSSR count). The lowest BCUT2D eigenvalue weighted by Crippen LogP contribution is -2.43. The summed E-state index contributed by atoms with van der Waals surface area (Å²) in [6.07, 6.45) is 1.06. The third-order valence-corrected chi connectivity index (χ3v) is 6.75. The topological polar surface area (TPSA) is 84.9 Å². The molecule has 1 aliphatic heterocycles. The third kappa shape index (κ3) is 4.09. The van der Waals surface area contributed by atoms with Gasteiger partial charge in [-0.1, -0.05) is 11.6 Å². The Morgan fingerprint density at radius 1 is 1.11 bits per heavy atom. The van der Waals surface area contributed by atoms with Crippen LogP contribution in [0.25, 0.3) is 0 Å². The minimum absolute atomic E-state index is 0.114. The standard InChI is InChI=1S/C19H21ClN2O5S/c1-26-17-10-7-14(12-18(17)27-2)21-19(23)16-4-3-11-22(16)28(24,25)15-8-5-13(20)6-9-15/h5-10,12,16H,3-4,11H2,1-2H3,(H,21,23)/t16-/m0/s1. The van der Waals surface area contributed by atoms with Crippen LogP contribution in [-0.4, -0.2) is 45.4 Å². The first-order valence-electron chi connectivity index (χ1n) is 8.67. The van der Waals surface area contributed by atoms with E-state index in [0.717, 1.165) is 0 Å². The highest BCUT2D eigenvalue weighted by Crippen LogP contribution is 2.31. The fourth-order valence-corrected chi connectivity index (χ4v) is 4.95. The number of halogens is 1. The lowest BCUT2D eigenvalue weighted by molar-refractivity contribution is -0.119. The van der Waals surface area contributed by atoms with Crippen LogP contribution in [0.3, 0.4) is 0 Å². The first-order valence-corrected chi connectivity index (χ1v) is 10.5. The fourth-order valence-electron chi connectivity index (χ4n) is 3.17. The maximum absolute atomic E-state index is 13.0. The van der Waals surface area contributed by atoms with Gasteiger partial charge in [0.15, 0.2) is 11.5 Å². The molecule has 2 aromatic rings. The predicted molar refractivity (Wildman–Crippen MR) is 107 cm³/mol. The molecule has 1 aliphatic rings. The molecule has 0 bridgehead atoms. The van der Waals surface area contributed by atoms with E-state index in [4.69, 9.17) is 21.1 Å². The molecule has 1 N–H and O–H groups in total. The molecule has 0 radical (unpaired) electrons. The Morgan fingerprint density at radius 2 is 1.79 bits per heavy atom. The summed E-state index contributed by atoms with van der Waals surface area (Å²) in [6, 6.07) is 10.1. The molecule has 0 saturated carbocycles. The first-order chi connectivity index (χ1) is 13.4. The van der Waals surface area contributed by atoms with E-state index in [0.29, 0.717) is 35.1 Å². The molecule has 1 fully saturated rings. The summed E-state index contributed by atoms with van der Waals surface area (Å²) < 4.78 is 37.6. The number of nitrogens with one attached hydrogen (secondary N) is 1. The van der Waals surface area contributed by atoms with Crippen molar-refractivity contribution in [2.75, 3.05) is 26.1 Å². The quantitative estimate of drug-likeness (QED) is 0.769. The number of ether oxygens (including phenoxy) is 2. The van der Waals surface area contributed by atoms with Crippen LogP contribution in [-0.2, 0) is 14.8 Å². The number of nitrogens with zero attached hydrogens (tertiary/aromatic N) is 1. The van der Waals surface area contributed by atoms with Gasteiger partial charge in [-0.25, -0.2) is 8.42 Å². The monoisotopic (exact) mass is 424 g/mol. The highest BCUT2D eigenvalue weighted by atomic mass is 35.5. The molecule has 28 heavy (non-hydrogen) atoms. The zero-order valence-corrected chi connectivity index (χ0v) is 17.1. The highest BCUT2D eigenvalue weighted by Gasteiger charge is 2.39. The minimum atomic E-state index is -3.80. The number of hydrogen-bond donors (Lipinski definition) is 1. The molecule has 1 amide bonds. The largest absolute Gasteiger partial charge is 0.493 e. The number of anilines is 1. The smallest absolute Gasteiger partial charge is 0.243 e. The Kier molecular flexibility index (Phi) is 6.12. The van der Waals surface area contributed by atoms with Crippen molar-refractivity contribution in [3.63, 3.8) is 0 Å². The predicted octanol–water partition coefficient (Wildman–Crippen LogP) is 3.15. The fraction of sp³-hybridized carbons (Fsp3) is 0.316. The number of sulfonamides is 1. The lowest BCUT2D eigenvalue weighted by Gasteiger charge is -2.23.